The Labute approximate surface area is 80.6 Å². The highest BCUT2D eigenvalue weighted by Crippen LogP contribution is 2.33. The molecule has 1 saturated carbocycles. The third-order valence-electron chi connectivity index (χ3n) is 2.54. The molecule has 0 radical (unpaired) electrons. The lowest BCUT2D eigenvalue weighted by Crippen LogP contribution is -2.00. The smallest absolute Gasteiger partial charge is 0.169 e. The molecule has 0 aliphatic heterocycles. The van der Waals surface area contributed by atoms with E-state index >= 15 is 0 Å². The average Bonchev–Trinajstić information content (AvgIpc) is 2.97. The fraction of sp³-hybridized carbons (Fsp3) is 0.300. The fourth-order valence-electron chi connectivity index (χ4n) is 1.59. The number of hydrogen-bond donors (Lipinski definition) is 0. The lowest BCUT2D eigenvalue weighted by molar-refractivity contribution is 0.0969. The van der Waals surface area contributed by atoms with Crippen LogP contribution in [0.4, 0.5) is 0 Å². The van der Waals surface area contributed by atoms with Gasteiger partial charge >= 0.3 is 0 Å². The van der Waals surface area contributed by atoms with Crippen LogP contribution in [0.25, 0.3) is 5.52 Å². The zero-order chi connectivity index (χ0) is 9.54. The summed E-state index contributed by atoms with van der Waals surface area (Å²) in [4.78, 5) is 15.8. The summed E-state index contributed by atoms with van der Waals surface area (Å²) in [5, 5.41) is 4.11. The van der Waals surface area contributed by atoms with Crippen LogP contribution in [-0.2, 0) is 0 Å². The first kappa shape index (κ1) is 7.67. The van der Waals surface area contributed by atoms with Gasteiger partial charge in [-0.2, -0.15) is 5.10 Å². The molecule has 1 aliphatic rings. The number of hydrogen-bond acceptors (Lipinski definition) is 3. The van der Waals surface area contributed by atoms with Crippen LogP contribution in [0, 0.1) is 5.92 Å². The molecule has 0 amide bonds. The maximum atomic E-state index is 11.8. The van der Waals surface area contributed by atoms with Crippen molar-refractivity contribution < 1.29 is 4.79 Å². The Hall–Kier alpha value is -1.71. The van der Waals surface area contributed by atoms with Gasteiger partial charge < -0.3 is 0 Å². The van der Waals surface area contributed by atoms with Gasteiger partial charge in [-0.1, -0.05) is 0 Å². The van der Waals surface area contributed by atoms with E-state index in [2.05, 4.69) is 10.1 Å². The van der Waals surface area contributed by atoms with Gasteiger partial charge in [0.05, 0.1) is 23.5 Å². The van der Waals surface area contributed by atoms with E-state index in [9.17, 15) is 4.79 Å². The minimum Gasteiger partial charge on any atom is -0.294 e. The molecule has 0 bridgehead atoms. The third-order valence-corrected chi connectivity index (χ3v) is 2.54. The van der Waals surface area contributed by atoms with Gasteiger partial charge in [-0.3, -0.25) is 9.78 Å². The Morgan fingerprint density at radius 1 is 1.43 bits per heavy atom. The van der Waals surface area contributed by atoms with Crippen LogP contribution in [0.1, 0.15) is 23.2 Å². The summed E-state index contributed by atoms with van der Waals surface area (Å²) in [5.74, 6) is 0.455. The summed E-state index contributed by atoms with van der Waals surface area (Å²) in [6.45, 7) is 0. The molecule has 0 spiro atoms. The van der Waals surface area contributed by atoms with Crippen LogP contribution in [0.3, 0.4) is 0 Å². The van der Waals surface area contributed by atoms with Gasteiger partial charge in [-0.15, -0.1) is 0 Å². The molecule has 0 unspecified atom stereocenters. The predicted octanol–water partition coefficient (Wildman–Crippen LogP) is 1.32. The molecule has 14 heavy (non-hydrogen) atoms. The summed E-state index contributed by atoms with van der Waals surface area (Å²) in [6.07, 6.45) is 8.78. The number of aromatic nitrogens is 3. The number of fused-ring (bicyclic) bond motifs is 1. The number of carbonyl (C=O) groups is 1. The van der Waals surface area contributed by atoms with Crippen LogP contribution in [0.5, 0.6) is 0 Å². The van der Waals surface area contributed by atoms with Gasteiger partial charge in [0.15, 0.2) is 5.78 Å². The Balaban J connectivity index is 2.16. The first-order chi connectivity index (χ1) is 6.86. The maximum absolute atomic E-state index is 11.8. The SMILES string of the molecule is O=C(c1cnn2ccncc12)C1CC1. The second-order valence-electron chi connectivity index (χ2n) is 3.60. The Morgan fingerprint density at radius 3 is 3.07 bits per heavy atom. The summed E-state index contributed by atoms with van der Waals surface area (Å²) in [5.41, 5.74) is 1.52. The minimum atomic E-state index is 0.216. The summed E-state index contributed by atoms with van der Waals surface area (Å²) < 4.78 is 1.68. The lowest BCUT2D eigenvalue weighted by atomic mass is 10.1. The molecule has 2 aromatic heterocycles. The van der Waals surface area contributed by atoms with E-state index in [1.807, 2.05) is 0 Å². The largest absolute Gasteiger partial charge is 0.294 e. The van der Waals surface area contributed by atoms with Crippen molar-refractivity contribution in [1.82, 2.24) is 14.6 Å². The van der Waals surface area contributed by atoms with E-state index in [0.717, 1.165) is 18.4 Å². The van der Waals surface area contributed by atoms with Gasteiger partial charge in [0.2, 0.25) is 0 Å². The molecule has 70 valence electrons. The topological polar surface area (TPSA) is 47.3 Å². The Bertz CT molecular complexity index is 499. The molecule has 4 heteroatoms. The van der Waals surface area contributed by atoms with Crippen molar-refractivity contribution in [3.63, 3.8) is 0 Å². The number of ketones is 1. The van der Waals surface area contributed by atoms with Gasteiger partial charge in [0.1, 0.15) is 0 Å². The summed E-state index contributed by atoms with van der Waals surface area (Å²) >= 11 is 0. The number of Topliss-reactive ketones (excluding diaryl/α,β-unsaturated/α-hetero) is 1. The quantitative estimate of drug-likeness (QED) is 0.666. The summed E-state index contributed by atoms with van der Waals surface area (Å²) in [6, 6.07) is 0. The average molecular weight is 187 g/mol. The van der Waals surface area contributed by atoms with Gasteiger partial charge in [0.25, 0.3) is 0 Å². The highest BCUT2D eigenvalue weighted by Gasteiger charge is 2.32. The summed E-state index contributed by atoms with van der Waals surface area (Å²) in [7, 11) is 0. The second-order valence-corrected chi connectivity index (χ2v) is 3.60. The molecule has 1 fully saturated rings. The molecule has 2 aromatic rings. The highest BCUT2D eigenvalue weighted by molar-refractivity contribution is 6.04. The van der Waals surface area contributed by atoms with Crippen LogP contribution < -0.4 is 0 Å². The molecular weight excluding hydrogens is 178 g/mol. The van der Waals surface area contributed by atoms with Gasteiger partial charge in [-0.05, 0) is 12.8 Å². The van der Waals surface area contributed by atoms with Gasteiger partial charge in [-0.25, -0.2) is 4.52 Å². The highest BCUT2D eigenvalue weighted by atomic mass is 16.1. The predicted molar refractivity (Wildman–Crippen MR) is 50.0 cm³/mol. The van der Waals surface area contributed by atoms with Crippen molar-refractivity contribution in [1.29, 1.82) is 0 Å². The Kier molecular flexibility index (Phi) is 1.45. The maximum Gasteiger partial charge on any atom is 0.169 e. The first-order valence-corrected chi connectivity index (χ1v) is 4.68. The van der Waals surface area contributed by atoms with E-state index in [1.54, 1.807) is 29.3 Å². The molecule has 4 nitrogen and oxygen atoms in total. The van der Waals surface area contributed by atoms with E-state index in [0.29, 0.717) is 5.56 Å². The van der Waals surface area contributed by atoms with Crippen LogP contribution in [-0.4, -0.2) is 20.4 Å². The number of nitrogens with zero attached hydrogens (tertiary/aromatic N) is 3. The molecule has 0 aromatic carbocycles. The molecule has 0 saturated heterocycles. The monoisotopic (exact) mass is 187 g/mol. The molecule has 2 heterocycles. The van der Waals surface area contributed by atoms with E-state index in [4.69, 9.17) is 0 Å². The van der Waals surface area contributed by atoms with Crippen molar-refractivity contribution in [3.8, 4) is 0 Å². The number of rotatable bonds is 2. The first-order valence-electron chi connectivity index (χ1n) is 4.68. The van der Waals surface area contributed by atoms with Crippen molar-refractivity contribution >= 4 is 11.3 Å². The molecule has 0 N–H and O–H groups in total. The van der Waals surface area contributed by atoms with E-state index in [-0.39, 0.29) is 11.7 Å². The zero-order valence-electron chi connectivity index (χ0n) is 7.55. The molecular formula is C10H9N3O. The van der Waals surface area contributed by atoms with Crippen molar-refractivity contribution in [2.45, 2.75) is 12.8 Å². The lowest BCUT2D eigenvalue weighted by Gasteiger charge is -1.94. The van der Waals surface area contributed by atoms with Gasteiger partial charge in [0, 0.05) is 18.3 Å². The van der Waals surface area contributed by atoms with Crippen LogP contribution in [0.15, 0.2) is 24.8 Å². The van der Waals surface area contributed by atoms with Crippen molar-refractivity contribution in [3.05, 3.63) is 30.4 Å². The minimum absolute atomic E-state index is 0.216. The van der Waals surface area contributed by atoms with Crippen LogP contribution >= 0.6 is 0 Å². The van der Waals surface area contributed by atoms with E-state index in [1.165, 1.54) is 0 Å². The second kappa shape index (κ2) is 2.64. The number of carbonyl (C=O) groups excluding carboxylic acids is 1. The molecule has 3 rings (SSSR count). The fourth-order valence-corrected chi connectivity index (χ4v) is 1.59. The Morgan fingerprint density at radius 2 is 2.29 bits per heavy atom. The van der Waals surface area contributed by atoms with Crippen LogP contribution in [0.2, 0.25) is 0 Å². The third kappa shape index (κ3) is 1.04. The molecule has 1 aliphatic carbocycles. The van der Waals surface area contributed by atoms with Crippen molar-refractivity contribution in [2.75, 3.05) is 0 Å². The zero-order valence-corrected chi connectivity index (χ0v) is 7.55. The normalized spacial score (nSPS) is 16.0. The van der Waals surface area contributed by atoms with E-state index < -0.39 is 0 Å². The van der Waals surface area contributed by atoms with Crippen molar-refractivity contribution in [2.24, 2.45) is 5.92 Å². The standard InChI is InChI=1S/C10H9N3O/c14-10(7-1-2-7)8-5-12-13-4-3-11-6-9(8)13/h3-7H,1-2H2. The molecule has 0 atom stereocenters.